The molecule has 0 radical (unpaired) electrons. The number of nitrogens with one attached hydrogen (secondary N) is 3. The number of ether oxygens (including phenoxy) is 1. The molecule has 0 spiro atoms. The van der Waals surface area contributed by atoms with Crippen LogP contribution in [0.15, 0.2) is 48.9 Å². The number of carbonyl (C=O) groups excluding carboxylic acids is 1. The summed E-state index contributed by atoms with van der Waals surface area (Å²) in [6.45, 7) is 4.50. The number of nitrogens with zero attached hydrogens (tertiary/aromatic N) is 4. The Balaban J connectivity index is 1.64. The highest BCUT2D eigenvalue weighted by Gasteiger charge is 2.15. The number of amides is 1. The van der Waals surface area contributed by atoms with Crippen molar-refractivity contribution in [3.05, 3.63) is 60.0 Å². The van der Waals surface area contributed by atoms with E-state index in [0.29, 0.717) is 17.9 Å². The number of pyridine rings is 1. The largest absolute Gasteiger partial charge is 0.496 e. The molecule has 0 saturated heterocycles. The molecule has 1 amide bonds. The molecular weight excluding hydrogens is 430 g/mol. The van der Waals surface area contributed by atoms with Gasteiger partial charge in [-0.3, -0.25) is 4.79 Å². The van der Waals surface area contributed by atoms with Crippen molar-refractivity contribution in [1.82, 2.24) is 25.2 Å². The van der Waals surface area contributed by atoms with Crippen LogP contribution in [-0.4, -0.2) is 73.6 Å². The fraction of sp³-hybridized carbons (Fsp3) is 0.360. The third kappa shape index (κ3) is 6.64. The van der Waals surface area contributed by atoms with E-state index in [0.717, 1.165) is 41.5 Å². The van der Waals surface area contributed by atoms with Gasteiger partial charge in [-0.25, -0.2) is 15.0 Å². The lowest BCUT2D eigenvalue weighted by molar-refractivity contribution is 0.0962. The van der Waals surface area contributed by atoms with Gasteiger partial charge >= 0.3 is 0 Å². The Labute approximate surface area is 201 Å². The Morgan fingerprint density at radius 1 is 1.06 bits per heavy atom. The van der Waals surface area contributed by atoms with E-state index in [1.54, 1.807) is 26.6 Å². The van der Waals surface area contributed by atoms with E-state index in [9.17, 15) is 4.79 Å². The van der Waals surface area contributed by atoms with Crippen LogP contribution in [0, 0.1) is 0 Å². The number of anilines is 2. The van der Waals surface area contributed by atoms with Crippen LogP contribution >= 0.6 is 0 Å². The predicted molar refractivity (Wildman–Crippen MR) is 136 cm³/mol. The number of rotatable bonds is 11. The standard InChI is InChI=1S/C25H33N7O2/c1-17(20-8-6-18(25(33)26-2)12-22(20)34-5)14-28-24-13-21(30-16-31-24)19-7-9-23(29-15-19)27-10-11-32(3)4/h6-9,12-13,15-17H,10-11,14H2,1-5H3,(H,26,33)(H,27,29)(H,28,30,31). The van der Waals surface area contributed by atoms with Gasteiger partial charge in [0.05, 0.1) is 12.8 Å². The zero-order valence-electron chi connectivity index (χ0n) is 20.4. The zero-order valence-corrected chi connectivity index (χ0v) is 20.4. The average Bonchev–Trinajstić information content (AvgIpc) is 2.86. The first-order valence-electron chi connectivity index (χ1n) is 11.2. The van der Waals surface area contributed by atoms with Crippen LogP contribution < -0.4 is 20.7 Å². The fourth-order valence-electron chi connectivity index (χ4n) is 3.44. The molecule has 3 N–H and O–H groups in total. The van der Waals surface area contributed by atoms with E-state index in [1.807, 2.05) is 50.6 Å². The van der Waals surface area contributed by atoms with E-state index in [-0.39, 0.29) is 11.8 Å². The maximum atomic E-state index is 11.9. The van der Waals surface area contributed by atoms with Crippen LogP contribution in [0.5, 0.6) is 5.75 Å². The van der Waals surface area contributed by atoms with Crippen LogP contribution in [-0.2, 0) is 0 Å². The number of hydrogen-bond donors (Lipinski definition) is 3. The number of aromatic nitrogens is 3. The van der Waals surface area contributed by atoms with Gasteiger partial charge in [-0.2, -0.15) is 0 Å². The van der Waals surface area contributed by atoms with Gasteiger partial charge in [0.25, 0.3) is 5.91 Å². The van der Waals surface area contributed by atoms with Crippen molar-refractivity contribution in [2.45, 2.75) is 12.8 Å². The summed E-state index contributed by atoms with van der Waals surface area (Å²) in [5.74, 6) is 2.23. The molecule has 3 aromatic rings. The lowest BCUT2D eigenvalue weighted by Crippen LogP contribution is -2.21. The van der Waals surface area contributed by atoms with E-state index in [1.165, 1.54) is 0 Å². The summed E-state index contributed by atoms with van der Waals surface area (Å²) >= 11 is 0. The third-order valence-electron chi connectivity index (χ3n) is 5.43. The summed E-state index contributed by atoms with van der Waals surface area (Å²) in [4.78, 5) is 27.3. The molecule has 0 saturated carbocycles. The Hall–Kier alpha value is -3.72. The minimum Gasteiger partial charge on any atom is -0.496 e. The molecule has 180 valence electrons. The summed E-state index contributed by atoms with van der Waals surface area (Å²) < 4.78 is 5.53. The van der Waals surface area contributed by atoms with Gasteiger partial charge in [0.1, 0.15) is 23.7 Å². The van der Waals surface area contributed by atoms with E-state index in [4.69, 9.17) is 4.74 Å². The summed E-state index contributed by atoms with van der Waals surface area (Å²) in [6.07, 6.45) is 3.36. The Morgan fingerprint density at radius 3 is 2.56 bits per heavy atom. The van der Waals surface area contributed by atoms with Crippen molar-refractivity contribution < 1.29 is 9.53 Å². The molecule has 1 atom stereocenters. The third-order valence-corrected chi connectivity index (χ3v) is 5.43. The van der Waals surface area contributed by atoms with Crippen molar-refractivity contribution in [3.8, 4) is 17.0 Å². The molecule has 0 aliphatic carbocycles. The molecule has 0 aliphatic heterocycles. The summed E-state index contributed by atoms with van der Waals surface area (Å²) in [7, 11) is 7.30. The van der Waals surface area contributed by atoms with Crippen molar-refractivity contribution >= 4 is 17.5 Å². The van der Waals surface area contributed by atoms with Gasteiger partial charge in [-0.05, 0) is 43.9 Å². The first-order chi connectivity index (χ1) is 16.4. The quantitative estimate of drug-likeness (QED) is 0.399. The van der Waals surface area contributed by atoms with Crippen LogP contribution in [0.2, 0.25) is 0 Å². The molecule has 2 heterocycles. The molecule has 34 heavy (non-hydrogen) atoms. The lowest BCUT2D eigenvalue weighted by atomic mass is 9.98. The average molecular weight is 464 g/mol. The summed E-state index contributed by atoms with van der Waals surface area (Å²) in [5, 5.41) is 9.32. The molecule has 0 fully saturated rings. The maximum Gasteiger partial charge on any atom is 0.251 e. The molecule has 0 bridgehead atoms. The number of benzene rings is 1. The van der Waals surface area contributed by atoms with Crippen LogP contribution in [0.1, 0.15) is 28.8 Å². The second-order valence-electron chi connectivity index (χ2n) is 8.27. The smallest absolute Gasteiger partial charge is 0.251 e. The monoisotopic (exact) mass is 463 g/mol. The zero-order chi connectivity index (χ0) is 24.5. The molecule has 3 rings (SSSR count). The molecule has 1 aromatic carbocycles. The molecule has 0 aliphatic rings. The Bertz CT molecular complexity index is 1090. The minimum atomic E-state index is -0.143. The summed E-state index contributed by atoms with van der Waals surface area (Å²) in [5.41, 5.74) is 3.29. The number of likely N-dealkylation sites (N-methyl/N-ethyl adjacent to an activating group) is 1. The topological polar surface area (TPSA) is 104 Å². The first kappa shape index (κ1) is 24.9. The van der Waals surface area contributed by atoms with Gasteiger partial charge in [0.15, 0.2) is 0 Å². The van der Waals surface area contributed by atoms with E-state index < -0.39 is 0 Å². The highest BCUT2D eigenvalue weighted by Crippen LogP contribution is 2.28. The van der Waals surface area contributed by atoms with Gasteiger partial charge in [-0.15, -0.1) is 0 Å². The number of carbonyl (C=O) groups is 1. The molecule has 2 aromatic heterocycles. The molecule has 1 unspecified atom stereocenters. The number of methoxy groups -OCH3 is 1. The molecular formula is C25H33N7O2. The second-order valence-corrected chi connectivity index (χ2v) is 8.27. The Morgan fingerprint density at radius 2 is 1.88 bits per heavy atom. The van der Waals surface area contributed by atoms with E-state index in [2.05, 4.69) is 42.7 Å². The highest BCUT2D eigenvalue weighted by atomic mass is 16.5. The minimum absolute atomic E-state index is 0.126. The van der Waals surface area contributed by atoms with Crippen LogP contribution in [0.4, 0.5) is 11.6 Å². The Kier molecular flexibility index (Phi) is 8.75. The SMILES string of the molecule is CNC(=O)c1ccc(C(C)CNc2cc(-c3ccc(NCCN(C)C)nc3)ncn2)c(OC)c1. The normalized spacial score (nSPS) is 11.7. The number of hydrogen-bond acceptors (Lipinski definition) is 8. The predicted octanol–water partition coefficient (Wildman–Crippen LogP) is 3.10. The lowest BCUT2D eigenvalue weighted by Gasteiger charge is -2.17. The molecule has 9 nitrogen and oxygen atoms in total. The first-order valence-corrected chi connectivity index (χ1v) is 11.2. The van der Waals surface area contributed by atoms with Gasteiger partial charge in [0, 0.05) is 56.0 Å². The van der Waals surface area contributed by atoms with Crippen molar-refractivity contribution in [2.24, 2.45) is 0 Å². The van der Waals surface area contributed by atoms with Gasteiger partial charge in [0.2, 0.25) is 0 Å². The van der Waals surface area contributed by atoms with Crippen LogP contribution in [0.3, 0.4) is 0 Å². The van der Waals surface area contributed by atoms with Crippen molar-refractivity contribution in [2.75, 3.05) is 58.5 Å². The van der Waals surface area contributed by atoms with Gasteiger partial charge < -0.3 is 25.6 Å². The second kappa shape index (κ2) is 11.9. The summed E-state index contributed by atoms with van der Waals surface area (Å²) in [6, 6.07) is 11.4. The highest BCUT2D eigenvalue weighted by molar-refractivity contribution is 5.94. The van der Waals surface area contributed by atoms with Gasteiger partial charge in [-0.1, -0.05) is 13.0 Å². The van der Waals surface area contributed by atoms with Crippen LogP contribution in [0.25, 0.3) is 11.3 Å². The van der Waals surface area contributed by atoms with Crippen molar-refractivity contribution in [3.63, 3.8) is 0 Å². The molecule has 9 heteroatoms. The fourth-order valence-corrected chi connectivity index (χ4v) is 3.44. The maximum absolute atomic E-state index is 11.9. The van der Waals surface area contributed by atoms with E-state index >= 15 is 0 Å². The van der Waals surface area contributed by atoms with Crippen molar-refractivity contribution in [1.29, 1.82) is 0 Å².